The molecule has 0 spiro atoms. The van der Waals surface area contributed by atoms with Crippen molar-refractivity contribution >= 4 is 23.5 Å². The summed E-state index contributed by atoms with van der Waals surface area (Å²) in [5.41, 5.74) is 4.18. The fraction of sp³-hybridized carbons (Fsp3) is 0.240. The van der Waals surface area contributed by atoms with Gasteiger partial charge in [-0.3, -0.25) is 0 Å². The number of hydrogen-bond donors (Lipinski definition) is 1. The average molecular weight is 419 g/mol. The van der Waals surface area contributed by atoms with Gasteiger partial charge in [-0.2, -0.15) is 0 Å². The van der Waals surface area contributed by atoms with Crippen LogP contribution in [-0.4, -0.2) is 23.2 Å². The zero-order valence-corrected chi connectivity index (χ0v) is 17.9. The number of hydrogen-bond acceptors (Lipinski definition) is 3. The van der Waals surface area contributed by atoms with Gasteiger partial charge in [-0.25, -0.2) is 4.79 Å². The average Bonchev–Trinajstić information content (AvgIpc) is 3.29. The van der Waals surface area contributed by atoms with Crippen LogP contribution < -0.4 is 10.1 Å². The standard InChI is InChI=1S/C25H26N2O2S/c1-2-20-12-6-8-14-22(20)26-25(28)27-16-17-30-24(27)21-13-7-9-15-23(21)29-18-19-10-4-3-5-11-19/h3-15,24H,2,16-18H2,1H3,(H,26,28). The van der Waals surface area contributed by atoms with Crippen LogP contribution in [0.2, 0.25) is 0 Å². The minimum Gasteiger partial charge on any atom is -0.489 e. The van der Waals surface area contributed by atoms with Gasteiger partial charge < -0.3 is 15.0 Å². The van der Waals surface area contributed by atoms with Gasteiger partial charge >= 0.3 is 6.03 Å². The van der Waals surface area contributed by atoms with Crippen molar-refractivity contribution in [2.75, 3.05) is 17.6 Å². The molecule has 1 heterocycles. The SMILES string of the molecule is CCc1ccccc1NC(=O)N1CCSC1c1ccccc1OCc1ccccc1. The van der Waals surface area contributed by atoms with Gasteiger partial charge in [0.2, 0.25) is 0 Å². The van der Waals surface area contributed by atoms with Crippen LogP contribution >= 0.6 is 11.8 Å². The summed E-state index contributed by atoms with van der Waals surface area (Å²) in [6.07, 6.45) is 0.880. The number of rotatable bonds is 6. The Morgan fingerprint density at radius 1 is 1.03 bits per heavy atom. The third kappa shape index (κ3) is 4.62. The molecule has 1 unspecified atom stereocenters. The molecular weight excluding hydrogens is 392 g/mol. The Balaban J connectivity index is 1.51. The topological polar surface area (TPSA) is 41.6 Å². The van der Waals surface area contributed by atoms with Crippen molar-refractivity contribution in [3.05, 3.63) is 95.6 Å². The molecule has 0 bridgehead atoms. The molecule has 1 saturated heterocycles. The fourth-order valence-electron chi connectivity index (χ4n) is 3.62. The van der Waals surface area contributed by atoms with Gasteiger partial charge in [-0.15, -0.1) is 11.8 Å². The summed E-state index contributed by atoms with van der Waals surface area (Å²) in [5.74, 6) is 1.73. The lowest BCUT2D eigenvalue weighted by molar-refractivity contribution is 0.213. The van der Waals surface area contributed by atoms with Crippen LogP contribution in [0.5, 0.6) is 5.75 Å². The Kier molecular flexibility index (Phi) is 6.60. The number of thioether (sulfide) groups is 1. The molecule has 3 aromatic rings. The molecule has 0 saturated carbocycles. The van der Waals surface area contributed by atoms with E-state index >= 15 is 0 Å². The molecule has 4 nitrogen and oxygen atoms in total. The lowest BCUT2D eigenvalue weighted by Gasteiger charge is -2.26. The Labute approximate surface area is 182 Å². The number of nitrogens with one attached hydrogen (secondary N) is 1. The molecule has 4 rings (SSSR count). The van der Waals surface area contributed by atoms with Gasteiger partial charge in [-0.05, 0) is 29.7 Å². The van der Waals surface area contributed by atoms with Crippen molar-refractivity contribution in [3.8, 4) is 5.75 Å². The van der Waals surface area contributed by atoms with Gasteiger partial charge in [0, 0.05) is 23.5 Å². The highest BCUT2D eigenvalue weighted by Gasteiger charge is 2.32. The number of benzene rings is 3. The summed E-state index contributed by atoms with van der Waals surface area (Å²) in [6.45, 7) is 3.31. The zero-order chi connectivity index (χ0) is 20.8. The van der Waals surface area contributed by atoms with Gasteiger partial charge in [0.15, 0.2) is 0 Å². The van der Waals surface area contributed by atoms with Crippen molar-refractivity contribution in [2.24, 2.45) is 0 Å². The molecule has 0 aliphatic carbocycles. The van der Waals surface area contributed by atoms with Crippen LogP contribution in [0.1, 0.15) is 29.0 Å². The first-order chi connectivity index (χ1) is 14.8. The maximum Gasteiger partial charge on any atom is 0.323 e. The molecule has 154 valence electrons. The van der Waals surface area contributed by atoms with Crippen LogP contribution in [0.4, 0.5) is 10.5 Å². The van der Waals surface area contributed by atoms with E-state index < -0.39 is 0 Å². The third-order valence-corrected chi connectivity index (χ3v) is 6.46. The lowest BCUT2D eigenvalue weighted by atomic mass is 10.1. The number of para-hydroxylation sites is 2. The summed E-state index contributed by atoms with van der Waals surface area (Å²) in [7, 11) is 0. The number of ether oxygens (including phenoxy) is 1. The maximum absolute atomic E-state index is 13.1. The number of nitrogens with zero attached hydrogens (tertiary/aromatic N) is 1. The first-order valence-corrected chi connectivity index (χ1v) is 11.3. The van der Waals surface area contributed by atoms with Crippen molar-refractivity contribution < 1.29 is 9.53 Å². The van der Waals surface area contributed by atoms with E-state index in [9.17, 15) is 4.79 Å². The number of amides is 2. The van der Waals surface area contributed by atoms with E-state index in [0.29, 0.717) is 13.2 Å². The number of aryl methyl sites for hydroxylation is 1. The summed E-state index contributed by atoms with van der Waals surface area (Å²) < 4.78 is 6.15. The maximum atomic E-state index is 13.1. The van der Waals surface area contributed by atoms with Crippen molar-refractivity contribution in [1.29, 1.82) is 0 Å². The smallest absolute Gasteiger partial charge is 0.323 e. The van der Waals surface area contributed by atoms with Crippen LogP contribution in [0.25, 0.3) is 0 Å². The molecule has 1 aliphatic heterocycles. The van der Waals surface area contributed by atoms with E-state index in [1.54, 1.807) is 11.8 Å². The predicted octanol–water partition coefficient (Wildman–Crippen LogP) is 6.11. The highest BCUT2D eigenvalue weighted by Crippen LogP contribution is 2.42. The van der Waals surface area contributed by atoms with Crippen molar-refractivity contribution in [3.63, 3.8) is 0 Å². The normalized spacial score (nSPS) is 15.8. The van der Waals surface area contributed by atoms with Gasteiger partial charge in [-0.1, -0.05) is 73.7 Å². The number of carbonyl (C=O) groups is 1. The Morgan fingerprint density at radius 2 is 1.77 bits per heavy atom. The summed E-state index contributed by atoms with van der Waals surface area (Å²) in [4.78, 5) is 15.0. The number of carbonyl (C=O) groups excluding carboxylic acids is 1. The molecule has 1 atom stereocenters. The van der Waals surface area contributed by atoms with Crippen LogP contribution in [-0.2, 0) is 13.0 Å². The molecule has 0 radical (unpaired) electrons. The van der Waals surface area contributed by atoms with Crippen LogP contribution in [0, 0.1) is 0 Å². The molecule has 0 aromatic heterocycles. The van der Waals surface area contributed by atoms with E-state index in [1.165, 1.54) is 0 Å². The first-order valence-electron chi connectivity index (χ1n) is 10.3. The summed E-state index contributed by atoms with van der Waals surface area (Å²) >= 11 is 1.77. The molecule has 2 amide bonds. The van der Waals surface area contributed by atoms with Gasteiger partial charge in [0.05, 0.1) is 0 Å². The van der Waals surface area contributed by atoms with Gasteiger partial charge in [0.25, 0.3) is 0 Å². The molecule has 1 N–H and O–H groups in total. The molecule has 5 heteroatoms. The molecule has 1 fully saturated rings. The Morgan fingerprint density at radius 3 is 2.60 bits per heavy atom. The second-order valence-electron chi connectivity index (χ2n) is 7.17. The third-order valence-electron chi connectivity index (χ3n) is 5.21. The van der Waals surface area contributed by atoms with Crippen molar-refractivity contribution in [1.82, 2.24) is 4.90 Å². The van der Waals surface area contributed by atoms with Crippen LogP contribution in [0.3, 0.4) is 0 Å². The van der Waals surface area contributed by atoms with E-state index in [1.807, 2.05) is 59.5 Å². The molecule has 1 aliphatic rings. The zero-order valence-electron chi connectivity index (χ0n) is 17.1. The monoisotopic (exact) mass is 418 g/mol. The minimum atomic E-state index is -0.0660. The Hall–Kier alpha value is -2.92. The second kappa shape index (κ2) is 9.72. The quantitative estimate of drug-likeness (QED) is 0.525. The predicted molar refractivity (Wildman–Crippen MR) is 124 cm³/mol. The second-order valence-corrected chi connectivity index (χ2v) is 8.36. The lowest BCUT2D eigenvalue weighted by Crippen LogP contribution is -2.34. The summed E-state index contributed by atoms with van der Waals surface area (Å²) in [6, 6.07) is 26.1. The largest absolute Gasteiger partial charge is 0.489 e. The Bertz CT molecular complexity index is 993. The van der Waals surface area contributed by atoms with E-state index in [0.717, 1.165) is 40.3 Å². The minimum absolute atomic E-state index is 0.0641. The fourth-order valence-corrected chi connectivity index (χ4v) is 4.91. The number of anilines is 1. The van der Waals surface area contributed by atoms with E-state index in [4.69, 9.17) is 4.74 Å². The number of urea groups is 1. The molecule has 3 aromatic carbocycles. The van der Waals surface area contributed by atoms with E-state index in [-0.39, 0.29) is 11.4 Å². The van der Waals surface area contributed by atoms with E-state index in [2.05, 4.69) is 36.5 Å². The molecule has 30 heavy (non-hydrogen) atoms. The van der Waals surface area contributed by atoms with Gasteiger partial charge in [0.1, 0.15) is 17.7 Å². The highest BCUT2D eigenvalue weighted by atomic mass is 32.2. The highest BCUT2D eigenvalue weighted by molar-refractivity contribution is 7.99. The van der Waals surface area contributed by atoms with Crippen molar-refractivity contribution in [2.45, 2.75) is 25.3 Å². The van der Waals surface area contributed by atoms with Crippen LogP contribution in [0.15, 0.2) is 78.9 Å². The summed E-state index contributed by atoms with van der Waals surface area (Å²) in [5, 5.41) is 3.05. The first kappa shape index (κ1) is 20.4. The molecular formula is C25H26N2O2S.